The van der Waals surface area contributed by atoms with Crippen molar-refractivity contribution >= 4 is 16.9 Å². The second-order valence-electron chi connectivity index (χ2n) is 11.0. The van der Waals surface area contributed by atoms with Crippen LogP contribution in [0.1, 0.15) is 66.3 Å². The Kier molecular flexibility index (Phi) is 7.13. The molecule has 0 radical (unpaired) electrons. The fourth-order valence-corrected chi connectivity index (χ4v) is 6.17. The van der Waals surface area contributed by atoms with E-state index in [1.54, 1.807) is 0 Å². The van der Waals surface area contributed by atoms with Gasteiger partial charge in [-0.2, -0.15) is 0 Å². The number of piperidine rings is 1. The van der Waals surface area contributed by atoms with Gasteiger partial charge in [-0.05, 0) is 69.7 Å². The van der Waals surface area contributed by atoms with Gasteiger partial charge in [-0.1, -0.05) is 42.7 Å². The Morgan fingerprint density at radius 3 is 2.78 bits per heavy atom. The van der Waals surface area contributed by atoms with Crippen molar-refractivity contribution < 1.29 is 19.1 Å². The summed E-state index contributed by atoms with van der Waals surface area (Å²) in [5.41, 5.74) is 4.00. The van der Waals surface area contributed by atoms with E-state index in [1.165, 1.54) is 5.56 Å². The number of rotatable bonds is 6. The summed E-state index contributed by atoms with van der Waals surface area (Å²) < 4.78 is 11.8. The number of hydrogen-bond donors (Lipinski definition) is 1. The second kappa shape index (κ2) is 10.3. The first-order valence-corrected chi connectivity index (χ1v) is 13.5. The summed E-state index contributed by atoms with van der Waals surface area (Å²) >= 11 is 0. The van der Waals surface area contributed by atoms with Crippen LogP contribution in [0, 0.1) is 26.7 Å². The van der Waals surface area contributed by atoms with Gasteiger partial charge in [-0.25, -0.2) is 4.79 Å². The maximum Gasteiger partial charge on any atom is 0.339 e. The molecule has 1 saturated heterocycles. The third kappa shape index (κ3) is 5.17. The lowest BCUT2D eigenvalue weighted by atomic mass is 9.71. The zero-order chi connectivity index (χ0) is 26.2. The molecule has 1 aromatic heterocycles. The molecule has 0 spiro atoms. The van der Waals surface area contributed by atoms with Gasteiger partial charge in [0.05, 0.1) is 5.60 Å². The quantitative estimate of drug-likeness (QED) is 0.457. The van der Waals surface area contributed by atoms with Gasteiger partial charge in [-0.15, -0.1) is 0 Å². The van der Waals surface area contributed by atoms with Gasteiger partial charge in [0, 0.05) is 41.9 Å². The first-order valence-electron chi connectivity index (χ1n) is 13.5. The average Bonchev–Trinajstić information content (AvgIpc) is 2.88. The third-order valence-corrected chi connectivity index (χ3v) is 8.50. The monoisotopic (exact) mass is 503 g/mol. The van der Waals surface area contributed by atoms with Crippen LogP contribution in [0.3, 0.4) is 0 Å². The molecule has 3 aromatic rings. The number of likely N-dealkylation sites (tertiary alicyclic amines) is 1. The van der Waals surface area contributed by atoms with Gasteiger partial charge in [0.15, 0.2) is 0 Å². The normalized spacial score (nSPS) is 21.6. The van der Waals surface area contributed by atoms with Gasteiger partial charge in [0.25, 0.3) is 0 Å². The molecular formula is C31H37NO5. The van der Waals surface area contributed by atoms with Gasteiger partial charge >= 0.3 is 5.63 Å². The molecule has 6 heteroatoms. The van der Waals surface area contributed by atoms with E-state index in [9.17, 15) is 14.7 Å². The van der Waals surface area contributed by atoms with E-state index in [1.807, 2.05) is 43.0 Å². The zero-order valence-electron chi connectivity index (χ0n) is 22.1. The lowest BCUT2D eigenvalue weighted by Gasteiger charge is -2.47. The zero-order valence-corrected chi connectivity index (χ0v) is 22.1. The summed E-state index contributed by atoms with van der Waals surface area (Å²) in [7, 11) is 0. The van der Waals surface area contributed by atoms with Crippen molar-refractivity contribution in [3.8, 4) is 5.75 Å². The van der Waals surface area contributed by atoms with Crippen molar-refractivity contribution in [2.45, 2.75) is 77.9 Å². The predicted molar refractivity (Wildman–Crippen MR) is 144 cm³/mol. The van der Waals surface area contributed by atoms with Crippen LogP contribution in [0.2, 0.25) is 0 Å². The SMILES string of the molecule is Cc1cccc(COc2ccc3c(C)c(CCC(=O)N4CC[C@@]5(O)CCCC[C@@H]5C4)c(=O)oc3c2C)c1. The van der Waals surface area contributed by atoms with Crippen molar-refractivity contribution in [2.24, 2.45) is 5.92 Å². The van der Waals surface area contributed by atoms with E-state index < -0.39 is 11.2 Å². The summed E-state index contributed by atoms with van der Waals surface area (Å²) in [6, 6.07) is 12.0. The summed E-state index contributed by atoms with van der Waals surface area (Å²) in [5.74, 6) is 0.895. The van der Waals surface area contributed by atoms with E-state index in [0.29, 0.717) is 49.4 Å². The molecule has 2 fully saturated rings. The topological polar surface area (TPSA) is 80.0 Å². The van der Waals surface area contributed by atoms with Gasteiger partial charge < -0.3 is 19.2 Å². The Morgan fingerprint density at radius 2 is 1.97 bits per heavy atom. The molecule has 1 saturated carbocycles. The predicted octanol–water partition coefficient (Wildman–Crippen LogP) is 5.38. The first-order chi connectivity index (χ1) is 17.7. The number of ether oxygens (including phenoxy) is 1. The molecular weight excluding hydrogens is 466 g/mol. The molecule has 2 aromatic carbocycles. The highest BCUT2D eigenvalue weighted by atomic mass is 16.5. The highest BCUT2D eigenvalue weighted by Crippen LogP contribution is 2.40. The van der Waals surface area contributed by atoms with E-state index in [2.05, 4.69) is 19.1 Å². The van der Waals surface area contributed by atoms with Crippen molar-refractivity contribution in [1.29, 1.82) is 0 Å². The number of fused-ring (bicyclic) bond motifs is 2. The van der Waals surface area contributed by atoms with Crippen molar-refractivity contribution in [3.05, 3.63) is 74.6 Å². The summed E-state index contributed by atoms with van der Waals surface area (Å²) in [5, 5.41) is 11.8. The number of aliphatic hydroxyl groups is 1. The molecule has 37 heavy (non-hydrogen) atoms. The molecule has 6 nitrogen and oxygen atoms in total. The number of benzene rings is 2. The number of amides is 1. The fourth-order valence-electron chi connectivity index (χ4n) is 6.17. The van der Waals surface area contributed by atoms with Crippen LogP contribution in [-0.2, 0) is 17.8 Å². The van der Waals surface area contributed by atoms with Gasteiger partial charge in [0.1, 0.15) is 17.9 Å². The fraction of sp³-hybridized carbons (Fsp3) is 0.484. The maximum atomic E-state index is 13.0. The van der Waals surface area contributed by atoms with Crippen LogP contribution in [0.25, 0.3) is 11.0 Å². The van der Waals surface area contributed by atoms with E-state index in [4.69, 9.17) is 9.15 Å². The van der Waals surface area contributed by atoms with Gasteiger partial charge in [0.2, 0.25) is 5.91 Å². The molecule has 5 rings (SSSR count). The highest BCUT2D eigenvalue weighted by molar-refractivity contribution is 5.86. The average molecular weight is 504 g/mol. The summed E-state index contributed by atoms with van der Waals surface area (Å²) in [6.45, 7) is 7.52. The molecule has 2 heterocycles. The number of nitrogens with zero attached hydrogens (tertiary/aromatic N) is 1. The molecule has 0 bridgehead atoms. The number of carbonyl (C=O) groups excluding carboxylic acids is 1. The minimum atomic E-state index is -0.606. The molecule has 1 aliphatic heterocycles. The third-order valence-electron chi connectivity index (χ3n) is 8.50. The molecule has 196 valence electrons. The Bertz CT molecular complexity index is 1380. The molecule has 1 amide bonds. The Hall–Kier alpha value is -3.12. The van der Waals surface area contributed by atoms with Crippen LogP contribution in [0.5, 0.6) is 5.75 Å². The van der Waals surface area contributed by atoms with Gasteiger partial charge in [-0.3, -0.25) is 4.79 Å². The van der Waals surface area contributed by atoms with E-state index in [-0.39, 0.29) is 18.2 Å². The Balaban J connectivity index is 1.29. The van der Waals surface area contributed by atoms with Crippen LogP contribution in [0.15, 0.2) is 45.6 Å². The largest absolute Gasteiger partial charge is 0.488 e. The van der Waals surface area contributed by atoms with Crippen molar-refractivity contribution in [1.82, 2.24) is 4.90 Å². The lowest BCUT2D eigenvalue weighted by Crippen LogP contribution is -2.54. The molecule has 1 N–H and O–H groups in total. The number of aryl methyl sites for hydroxylation is 3. The minimum Gasteiger partial charge on any atom is -0.488 e. The molecule has 1 aliphatic carbocycles. The lowest BCUT2D eigenvalue weighted by molar-refractivity contribution is -0.143. The molecule has 2 aliphatic rings. The number of hydrogen-bond acceptors (Lipinski definition) is 5. The molecule has 2 atom stereocenters. The standard InChI is InChI=1S/C31H37NO5/c1-20-7-6-8-23(17-20)19-36-27-12-10-25-21(2)26(30(34)37-29(25)22(27)3)11-13-28(33)32-16-15-31(35)14-5-4-9-24(31)18-32/h6-8,10,12,17,24,35H,4-5,9,11,13-16,18-19H2,1-3H3/t24-,31+/m1/s1. The minimum absolute atomic E-state index is 0.0441. The molecule has 0 unspecified atom stereocenters. The number of carbonyl (C=O) groups is 1. The van der Waals surface area contributed by atoms with Crippen molar-refractivity contribution in [3.63, 3.8) is 0 Å². The first kappa shape index (κ1) is 25.5. The van der Waals surface area contributed by atoms with Crippen LogP contribution in [0.4, 0.5) is 0 Å². The smallest absolute Gasteiger partial charge is 0.339 e. The van der Waals surface area contributed by atoms with Crippen molar-refractivity contribution in [2.75, 3.05) is 13.1 Å². The van der Waals surface area contributed by atoms with E-state index in [0.717, 1.165) is 47.8 Å². The summed E-state index contributed by atoms with van der Waals surface area (Å²) in [4.78, 5) is 27.9. The Labute approximate surface area is 218 Å². The van der Waals surface area contributed by atoms with Crippen LogP contribution < -0.4 is 10.4 Å². The maximum absolute atomic E-state index is 13.0. The highest BCUT2D eigenvalue weighted by Gasteiger charge is 2.43. The summed E-state index contributed by atoms with van der Waals surface area (Å²) in [6.07, 6.45) is 5.26. The second-order valence-corrected chi connectivity index (χ2v) is 11.0. The van der Waals surface area contributed by atoms with Crippen LogP contribution >= 0.6 is 0 Å². The van der Waals surface area contributed by atoms with E-state index >= 15 is 0 Å². The van der Waals surface area contributed by atoms with Crippen LogP contribution in [-0.4, -0.2) is 34.6 Å². The Morgan fingerprint density at radius 1 is 1.14 bits per heavy atom.